The molecule has 3 aromatic heterocycles. The number of fused-ring (bicyclic) bond motifs is 1. The highest BCUT2D eigenvalue weighted by molar-refractivity contribution is 7.99. The Morgan fingerprint density at radius 2 is 1.79 bits per heavy atom. The number of aryl methyl sites for hydroxylation is 3. The highest BCUT2D eigenvalue weighted by Gasteiger charge is 2.20. The molecule has 28 heavy (non-hydrogen) atoms. The molecule has 0 radical (unpaired) electrons. The maximum atomic E-state index is 6.25. The molecule has 9 heteroatoms. The van der Waals surface area contributed by atoms with Crippen LogP contribution in [0.4, 0.5) is 5.82 Å². The molecule has 0 amide bonds. The average molecular weight is 412 g/mol. The molecule has 0 aliphatic carbocycles. The molecule has 0 saturated carbocycles. The molecular weight excluding hydrogens is 390 g/mol. The van der Waals surface area contributed by atoms with Crippen molar-refractivity contribution in [2.24, 2.45) is 0 Å². The molecule has 1 aromatic carbocycles. The number of hydrogen-bond acceptors (Lipinski definition) is 8. The Balaban J connectivity index is 1.63. The number of anilines is 1. The Morgan fingerprint density at radius 1 is 1.07 bits per heavy atom. The molecule has 144 valence electrons. The molecule has 3 heterocycles. The zero-order valence-electron chi connectivity index (χ0n) is 16.1. The summed E-state index contributed by atoms with van der Waals surface area (Å²) in [5.41, 5.74) is 9.46. The van der Waals surface area contributed by atoms with Gasteiger partial charge < -0.3 is 11.6 Å². The molecule has 1 atom stereocenters. The first-order valence-corrected chi connectivity index (χ1v) is 10.5. The number of nitrogens with two attached hydrogens (primary N) is 2. The standard InChI is InChI=1S/C19H21N7S2/c1-9-5-7-13(8-6-9)17-24-25-19(26(17)21)28-12(4)16-22-15(20)14-10(2)11(3)27-18(14)23-16/h5-8,12H,21H2,1-4H3,(H2,20,22,23). The smallest absolute Gasteiger partial charge is 0.210 e. The van der Waals surface area contributed by atoms with Crippen LogP contribution in [-0.4, -0.2) is 24.8 Å². The van der Waals surface area contributed by atoms with Crippen molar-refractivity contribution in [3.05, 3.63) is 46.1 Å². The minimum absolute atomic E-state index is 0.0771. The lowest BCUT2D eigenvalue weighted by Gasteiger charge is -2.10. The van der Waals surface area contributed by atoms with Crippen LogP contribution in [0.15, 0.2) is 29.4 Å². The first-order chi connectivity index (χ1) is 13.3. The van der Waals surface area contributed by atoms with Gasteiger partial charge in [-0.1, -0.05) is 41.6 Å². The van der Waals surface area contributed by atoms with Crippen LogP contribution in [-0.2, 0) is 0 Å². The summed E-state index contributed by atoms with van der Waals surface area (Å²) in [6.45, 7) is 8.18. The maximum Gasteiger partial charge on any atom is 0.210 e. The number of thioether (sulfide) groups is 1. The Kier molecular flexibility index (Phi) is 4.72. The van der Waals surface area contributed by atoms with Gasteiger partial charge in [0.05, 0.1) is 10.6 Å². The number of rotatable bonds is 4. The summed E-state index contributed by atoms with van der Waals surface area (Å²) in [4.78, 5) is 11.4. The van der Waals surface area contributed by atoms with E-state index in [4.69, 9.17) is 16.6 Å². The van der Waals surface area contributed by atoms with E-state index >= 15 is 0 Å². The number of thiophene rings is 1. The molecule has 4 N–H and O–H groups in total. The van der Waals surface area contributed by atoms with E-state index in [1.807, 2.05) is 38.1 Å². The number of nitrogens with zero attached hydrogens (tertiary/aromatic N) is 5. The molecule has 1 unspecified atom stereocenters. The average Bonchev–Trinajstić information content (AvgIpc) is 3.16. The van der Waals surface area contributed by atoms with Gasteiger partial charge in [-0.05, 0) is 33.3 Å². The van der Waals surface area contributed by atoms with Crippen molar-refractivity contribution in [1.82, 2.24) is 24.8 Å². The second-order valence-corrected chi connectivity index (χ2v) is 9.24. The van der Waals surface area contributed by atoms with Crippen molar-refractivity contribution < 1.29 is 0 Å². The van der Waals surface area contributed by atoms with Crippen molar-refractivity contribution in [2.45, 2.75) is 38.1 Å². The minimum atomic E-state index is -0.0771. The van der Waals surface area contributed by atoms with Gasteiger partial charge in [0.15, 0.2) is 5.82 Å². The van der Waals surface area contributed by atoms with E-state index < -0.39 is 0 Å². The van der Waals surface area contributed by atoms with Crippen LogP contribution in [0, 0.1) is 20.8 Å². The van der Waals surface area contributed by atoms with E-state index in [-0.39, 0.29) is 5.25 Å². The molecule has 4 aromatic rings. The SMILES string of the molecule is Cc1ccc(-c2nnc(SC(C)c3nc(N)c4c(C)c(C)sc4n3)n2N)cc1. The second-order valence-electron chi connectivity index (χ2n) is 6.73. The fourth-order valence-electron chi connectivity index (χ4n) is 2.95. The van der Waals surface area contributed by atoms with Gasteiger partial charge in [-0.25, -0.2) is 14.6 Å². The first-order valence-electron chi connectivity index (χ1n) is 8.82. The van der Waals surface area contributed by atoms with Gasteiger partial charge in [0.1, 0.15) is 16.5 Å². The van der Waals surface area contributed by atoms with Gasteiger partial charge in [0, 0.05) is 10.4 Å². The number of benzene rings is 1. The van der Waals surface area contributed by atoms with Gasteiger partial charge in [-0.2, -0.15) is 0 Å². The fraction of sp³-hybridized carbons (Fsp3) is 0.263. The van der Waals surface area contributed by atoms with E-state index in [0.717, 1.165) is 21.3 Å². The zero-order valence-corrected chi connectivity index (χ0v) is 17.7. The molecule has 7 nitrogen and oxygen atoms in total. The van der Waals surface area contributed by atoms with E-state index in [9.17, 15) is 0 Å². The normalized spacial score (nSPS) is 12.6. The monoisotopic (exact) mass is 411 g/mol. The largest absolute Gasteiger partial charge is 0.383 e. The Morgan fingerprint density at radius 3 is 2.50 bits per heavy atom. The summed E-state index contributed by atoms with van der Waals surface area (Å²) < 4.78 is 1.51. The third kappa shape index (κ3) is 3.20. The van der Waals surface area contributed by atoms with Gasteiger partial charge in [0.2, 0.25) is 5.16 Å². The molecule has 0 saturated heterocycles. The highest BCUT2D eigenvalue weighted by atomic mass is 32.2. The molecule has 0 spiro atoms. The molecule has 0 aliphatic rings. The molecule has 0 aliphatic heterocycles. The van der Waals surface area contributed by atoms with Crippen molar-refractivity contribution in [3.63, 3.8) is 0 Å². The van der Waals surface area contributed by atoms with E-state index in [1.54, 1.807) is 11.3 Å². The number of aromatic nitrogens is 5. The Hall–Kier alpha value is -2.65. The molecular formula is C19H21N7S2. The van der Waals surface area contributed by atoms with Gasteiger partial charge >= 0.3 is 0 Å². The Bertz CT molecular complexity index is 1160. The summed E-state index contributed by atoms with van der Waals surface area (Å²) in [6, 6.07) is 8.02. The summed E-state index contributed by atoms with van der Waals surface area (Å²) in [7, 11) is 0. The summed E-state index contributed by atoms with van der Waals surface area (Å²) in [5.74, 6) is 8.05. The zero-order chi connectivity index (χ0) is 20.0. The van der Waals surface area contributed by atoms with E-state index in [1.165, 1.54) is 26.9 Å². The first kappa shape index (κ1) is 18.7. The summed E-state index contributed by atoms with van der Waals surface area (Å²) in [6.07, 6.45) is 0. The third-order valence-electron chi connectivity index (χ3n) is 4.69. The highest BCUT2D eigenvalue weighted by Crippen LogP contribution is 2.37. The van der Waals surface area contributed by atoms with Crippen LogP contribution >= 0.6 is 23.1 Å². The van der Waals surface area contributed by atoms with Gasteiger partial charge in [0.25, 0.3) is 0 Å². The quantitative estimate of drug-likeness (QED) is 0.385. The van der Waals surface area contributed by atoms with Crippen LogP contribution in [0.5, 0.6) is 0 Å². The van der Waals surface area contributed by atoms with Crippen LogP contribution in [0.1, 0.15) is 34.0 Å². The topological polar surface area (TPSA) is 109 Å². The lowest BCUT2D eigenvalue weighted by molar-refractivity contribution is 0.837. The van der Waals surface area contributed by atoms with Crippen LogP contribution in [0.2, 0.25) is 0 Å². The van der Waals surface area contributed by atoms with Crippen LogP contribution in [0.3, 0.4) is 0 Å². The number of hydrogen-bond donors (Lipinski definition) is 2. The fourth-order valence-corrected chi connectivity index (χ4v) is 4.81. The van der Waals surface area contributed by atoms with Crippen LogP contribution in [0.25, 0.3) is 21.6 Å². The molecule has 4 rings (SSSR count). The van der Waals surface area contributed by atoms with Crippen LogP contribution < -0.4 is 11.6 Å². The van der Waals surface area contributed by atoms with Gasteiger partial charge in [-0.15, -0.1) is 21.5 Å². The number of nitrogen functional groups attached to an aromatic ring is 2. The summed E-state index contributed by atoms with van der Waals surface area (Å²) in [5, 5.41) is 9.97. The minimum Gasteiger partial charge on any atom is -0.383 e. The lowest BCUT2D eigenvalue weighted by atomic mass is 10.1. The predicted octanol–water partition coefficient (Wildman–Crippen LogP) is 4.02. The van der Waals surface area contributed by atoms with Crippen molar-refractivity contribution in [3.8, 4) is 11.4 Å². The van der Waals surface area contributed by atoms with Crippen molar-refractivity contribution in [2.75, 3.05) is 11.6 Å². The van der Waals surface area contributed by atoms with Crippen molar-refractivity contribution >= 4 is 39.1 Å². The van der Waals surface area contributed by atoms with Gasteiger partial charge in [-0.3, -0.25) is 0 Å². The third-order valence-corrected chi connectivity index (χ3v) is 6.85. The van der Waals surface area contributed by atoms with E-state index in [2.05, 4.69) is 29.0 Å². The molecule has 0 bridgehead atoms. The Labute approximate surface area is 171 Å². The second kappa shape index (κ2) is 7.06. The summed E-state index contributed by atoms with van der Waals surface area (Å²) >= 11 is 3.10. The maximum absolute atomic E-state index is 6.25. The lowest BCUT2D eigenvalue weighted by Crippen LogP contribution is -2.12. The van der Waals surface area contributed by atoms with E-state index in [0.29, 0.717) is 22.6 Å². The molecule has 0 fully saturated rings. The predicted molar refractivity (Wildman–Crippen MR) is 116 cm³/mol. The van der Waals surface area contributed by atoms with Crippen molar-refractivity contribution in [1.29, 1.82) is 0 Å².